The second kappa shape index (κ2) is 9.49. The topological polar surface area (TPSA) is 30.9 Å². The Balaban J connectivity index is 1.82. The third-order valence-electron chi connectivity index (χ3n) is 6.33. The number of nitrogens with zero attached hydrogens (tertiary/aromatic N) is 1. The quantitative estimate of drug-likeness (QED) is 0.629. The molecule has 2 aliphatic rings. The van der Waals surface area contributed by atoms with Crippen molar-refractivity contribution in [2.24, 2.45) is 23.7 Å². The lowest BCUT2D eigenvalue weighted by Gasteiger charge is -2.47. The molecule has 1 aromatic carbocycles. The molecule has 0 spiro atoms. The third-order valence-corrected chi connectivity index (χ3v) is 6.33. The van der Waals surface area contributed by atoms with Crippen LogP contribution in [0.25, 0.3) is 0 Å². The molecule has 4 heteroatoms. The number of hydrogen-bond acceptors (Lipinski definition) is 4. The minimum Gasteiger partial charge on any atom is -0.493 e. The van der Waals surface area contributed by atoms with E-state index in [4.69, 9.17) is 14.2 Å². The average molecular weight is 390 g/mol. The SMILES string of the molecule is COc1cc2c(cc1OC)[C@H]1C[C@@H](COCC(C)C)[C@H](CC(C)C)CN1CC2. The standard InChI is InChI=1S/C24H39NO3/c1-16(2)9-19-13-25-8-7-18-11-23(26-5)24(27-6)12-21(18)22(25)10-20(19)15-28-14-17(3)4/h11-12,16-17,19-20,22H,7-10,13-15H2,1-6H3/t19-,20+,22-/m1/s1. The van der Waals surface area contributed by atoms with Crippen molar-refractivity contribution in [2.75, 3.05) is 40.5 Å². The zero-order valence-corrected chi connectivity index (χ0v) is 18.7. The van der Waals surface area contributed by atoms with Gasteiger partial charge in [0.05, 0.1) is 14.2 Å². The summed E-state index contributed by atoms with van der Waals surface area (Å²) in [6.45, 7) is 13.2. The summed E-state index contributed by atoms with van der Waals surface area (Å²) in [5, 5.41) is 0. The van der Waals surface area contributed by atoms with Gasteiger partial charge in [-0.3, -0.25) is 4.90 Å². The van der Waals surface area contributed by atoms with E-state index in [2.05, 4.69) is 44.7 Å². The van der Waals surface area contributed by atoms with Crippen molar-refractivity contribution in [3.05, 3.63) is 23.3 Å². The van der Waals surface area contributed by atoms with Gasteiger partial charge < -0.3 is 14.2 Å². The number of ether oxygens (including phenoxy) is 3. The number of fused-ring (bicyclic) bond motifs is 3. The molecule has 4 nitrogen and oxygen atoms in total. The molecule has 1 saturated heterocycles. The van der Waals surface area contributed by atoms with E-state index in [9.17, 15) is 0 Å². The molecule has 0 unspecified atom stereocenters. The summed E-state index contributed by atoms with van der Waals surface area (Å²) in [6.07, 6.45) is 3.56. The first kappa shape index (κ1) is 21.4. The molecule has 3 atom stereocenters. The van der Waals surface area contributed by atoms with Gasteiger partial charge in [0.1, 0.15) is 0 Å². The van der Waals surface area contributed by atoms with Crippen molar-refractivity contribution in [1.29, 1.82) is 0 Å². The molecule has 2 aliphatic heterocycles. The van der Waals surface area contributed by atoms with Crippen molar-refractivity contribution >= 4 is 0 Å². The molecule has 1 fully saturated rings. The van der Waals surface area contributed by atoms with Gasteiger partial charge in [-0.25, -0.2) is 0 Å². The molecule has 1 aromatic rings. The zero-order valence-electron chi connectivity index (χ0n) is 18.7. The average Bonchev–Trinajstić information content (AvgIpc) is 2.66. The van der Waals surface area contributed by atoms with Crippen LogP contribution in [0.3, 0.4) is 0 Å². The van der Waals surface area contributed by atoms with E-state index in [0.29, 0.717) is 17.9 Å². The zero-order chi connectivity index (χ0) is 20.3. The number of hydrogen-bond donors (Lipinski definition) is 0. The Morgan fingerprint density at radius 1 is 1.00 bits per heavy atom. The van der Waals surface area contributed by atoms with Crippen LogP contribution in [0.4, 0.5) is 0 Å². The van der Waals surface area contributed by atoms with Crippen molar-refractivity contribution in [3.8, 4) is 11.5 Å². The summed E-state index contributed by atoms with van der Waals surface area (Å²) < 4.78 is 17.3. The predicted octanol–water partition coefficient (Wildman–Crippen LogP) is 4.96. The normalized spacial score (nSPS) is 24.9. The van der Waals surface area contributed by atoms with Crippen LogP contribution >= 0.6 is 0 Å². The molecule has 0 bridgehead atoms. The third kappa shape index (κ3) is 4.83. The Kier molecular flexibility index (Phi) is 7.27. The largest absolute Gasteiger partial charge is 0.493 e. The highest BCUT2D eigenvalue weighted by Crippen LogP contribution is 2.45. The van der Waals surface area contributed by atoms with E-state index in [0.717, 1.165) is 49.5 Å². The Hall–Kier alpha value is -1.26. The smallest absolute Gasteiger partial charge is 0.161 e. The van der Waals surface area contributed by atoms with Gasteiger partial charge in [0.25, 0.3) is 0 Å². The summed E-state index contributed by atoms with van der Waals surface area (Å²) in [5.41, 5.74) is 2.85. The fourth-order valence-corrected chi connectivity index (χ4v) is 5.04. The summed E-state index contributed by atoms with van der Waals surface area (Å²) in [5.74, 6) is 4.37. The van der Waals surface area contributed by atoms with E-state index in [1.807, 2.05) is 0 Å². The van der Waals surface area contributed by atoms with Crippen molar-refractivity contribution in [3.63, 3.8) is 0 Å². The van der Waals surface area contributed by atoms with Crippen LogP contribution in [0.1, 0.15) is 57.7 Å². The van der Waals surface area contributed by atoms with E-state index < -0.39 is 0 Å². The molecule has 0 aromatic heterocycles. The molecule has 3 rings (SSSR count). The first-order valence-corrected chi connectivity index (χ1v) is 11.0. The first-order valence-electron chi connectivity index (χ1n) is 11.0. The van der Waals surface area contributed by atoms with Crippen LogP contribution in [0.5, 0.6) is 11.5 Å². The van der Waals surface area contributed by atoms with Gasteiger partial charge in [0, 0.05) is 32.3 Å². The maximum atomic E-state index is 6.13. The maximum absolute atomic E-state index is 6.13. The number of methoxy groups -OCH3 is 2. The highest BCUT2D eigenvalue weighted by atomic mass is 16.5. The van der Waals surface area contributed by atoms with Crippen LogP contribution in [-0.2, 0) is 11.2 Å². The number of rotatable bonds is 8. The Bertz CT molecular complexity index is 643. The summed E-state index contributed by atoms with van der Waals surface area (Å²) in [4.78, 5) is 2.71. The molecular weight excluding hydrogens is 350 g/mol. The molecule has 0 amide bonds. The van der Waals surface area contributed by atoms with Gasteiger partial charge in [-0.05, 0) is 66.2 Å². The van der Waals surface area contributed by atoms with Gasteiger partial charge in [0.2, 0.25) is 0 Å². The monoisotopic (exact) mass is 389 g/mol. The Morgan fingerprint density at radius 3 is 2.36 bits per heavy atom. The van der Waals surface area contributed by atoms with Crippen molar-refractivity contribution < 1.29 is 14.2 Å². The van der Waals surface area contributed by atoms with Crippen LogP contribution in [0, 0.1) is 23.7 Å². The van der Waals surface area contributed by atoms with E-state index >= 15 is 0 Å². The van der Waals surface area contributed by atoms with Crippen LogP contribution in [0.2, 0.25) is 0 Å². The Labute approximate surface area is 171 Å². The van der Waals surface area contributed by atoms with Crippen LogP contribution in [-0.4, -0.2) is 45.4 Å². The van der Waals surface area contributed by atoms with Gasteiger partial charge in [-0.1, -0.05) is 27.7 Å². The predicted molar refractivity (Wildman–Crippen MR) is 114 cm³/mol. The highest BCUT2D eigenvalue weighted by Gasteiger charge is 2.39. The fraction of sp³-hybridized carbons (Fsp3) is 0.750. The van der Waals surface area contributed by atoms with Gasteiger partial charge >= 0.3 is 0 Å². The lowest BCUT2D eigenvalue weighted by molar-refractivity contribution is -0.0106. The minimum atomic E-state index is 0.472. The second-order valence-electron chi connectivity index (χ2n) is 9.48. The number of piperidine rings is 1. The summed E-state index contributed by atoms with van der Waals surface area (Å²) in [6, 6.07) is 4.88. The molecule has 158 valence electrons. The number of benzene rings is 1. The van der Waals surface area contributed by atoms with Crippen molar-refractivity contribution in [2.45, 2.75) is 53.0 Å². The van der Waals surface area contributed by atoms with E-state index in [1.165, 1.54) is 30.5 Å². The molecule has 0 saturated carbocycles. The molecular formula is C24H39NO3. The fourth-order valence-electron chi connectivity index (χ4n) is 5.04. The summed E-state index contributed by atoms with van der Waals surface area (Å²) >= 11 is 0. The molecule has 0 N–H and O–H groups in total. The first-order chi connectivity index (χ1) is 13.4. The van der Waals surface area contributed by atoms with Crippen LogP contribution in [0.15, 0.2) is 12.1 Å². The molecule has 0 radical (unpaired) electrons. The van der Waals surface area contributed by atoms with Gasteiger partial charge in [-0.2, -0.15) is 0 Å². The van der Waals surface area contributed by atoms with E-state index in [-0.39, 0.29) is 0 Å². The highest BCUT2D eigenvalue weighted by molar-refractivity contribution is 5.49. The van der Waals surface area contributed by atoms with Gasteiger partial charge in [0.15, 0.2) is 11.5 Å². The molecule has 0 aliphatic carbocycles. The van der Waals surface area contributed by atoms with Crippen LogP contribution < -0.4 is 9.47 Å². The van der Waals surface area contributed by atoms with E-state index in [1.54, 1.807) is 14.2 Å². The minimum absolute atomic E-state index is 0.472. The lowest BCUT2D eigenvalue weighted by atomic mass is 9.74. The van der Waals surface area contributed by atoms with Gasteiger partial charge in [-0.15, -0.1) is 0 Å². The summed E-state index contributed by atoms with van der Waals surface area (Å²) in [7, 11) is 3.45. The second-order valence-corrected chi connectivity index (χ2v) is 9.48. The van der Waals surface area contributed by atoms with Crippen molar-refractivity contribution in [1.82, 2.24) is 4.90 Å². The Morgan fingerprint density at radius 2 is 1.71 bits per heavy atom. The molecule has 2 heterocycles. The molecule has 28 heavy (non-hydrogen) atoms. The lowest BCUT2D eigenvalue weighted by Crippen LogP contribution is -2.47. The maximum Gasteiger partial charge on any atom is 0.161 e.